The van der Waals surface area contributed by atoms with Gasteiger partial charge in [-0.05, 0) is 30.7 Å². The maximum Gasteiger partial charge on any atom is 0.0116 e. The molecule has 0 aromatic carbocycles. The van der Waals surface area contributed by atoms with Gasteiger partial charge < -0.3 is 5.32 Å². The number of piperidine rings is 1. The molecule has 1 aliphatic rings. The highest BCUT2D eigenvalue weighted by atomic mass is 14.9. The molecule has 0 spiro atoms. The van der Waals surface area contributed by atoms with Gasteiger partial charge in [-0.25, -0.2) is 0 Å². The average molecular weight is 155 g/mol. The average Bonchev–Trinajstić information content (AvgIpc) is 1.86. The minimum Gasteiger partial charge on any atom is -0.313 e. The van der Waals surface area contributed by atoms with Crippen LogP contribution in [-0.2, 0) is 0 Å². The Morgan fingerprint density at radius 1 is 1.18 bits per heavy atom. The molecule has 66 valence electrons. The molecule has 1 nitrogen and oxygen atoms in total. The van der Waals surface area contributed by atoms with Crippen molar-refractivity contribution in [2.45, 2.75) is 46.6 Å². The monoisotopic (exact) mass is 155 g/mol. The first-order valence-electron chi connectivity index (χ1n) is 4.73. The first kappa shape index (κ1) is 9.05. The zero-order valence-corrected chi connectivity index (χ0v) is 8.28. The fourth-order valence-corrected chi connectivity index (χ4v) is 1.74. The van der Waals surface area contributed by atoms with Gasteiger partial charge in [-0.15, -0.1) is 0 Å². The van der Waals surface area contributed by atoms with E-state index < -0.39 is 0 Å². The lowest BCUT2D eigenvalue weighted by Gasteiger charge is -2.37. The van der Waals surface area contributed by atoms with Crippen LogP contribution in [0.25, 0.3) is 0 Å². The lowest BCUT2D eigenvalue weighted by atomic mass is 9.80. The van der Waals surface area contributed by atoms with Crippen molar-refractivity contribution in [2.75, 3.05) is 6.54 Å². The molecule has 1 aliphatic heterocycles. The summed E-state index contributed by atoms with van der Waals surface area (Å²) in [5.74, 6) is 0.883. The summed E-state index contributed by atoms with van der Waals surface area (Å²) in [5, 5.41) is 3.61. The lowest BCUT2D eigenvalue weighted by molar-refractivity contribution is 0.200. The van der Waals surface area contributed by atoms with Gasteiger partial charge in [-0.1, -0.05) is 27.7 Å². The van der Waals surface area contributed by atoms with E-state index in [4.69, 9.17) is 0 Å². The van der Waals surface area contributed by atoms with Crippen LogP contribution in [-0.4, -0.2) is 12.6 Å². The number of rotatable bonds is 0. The molecule has 0 amide bonds. The Kier molecular flexibility index (Phi) is 2.58. The molecule has 1 heteroatoms. The van der Waals surface area contributed by atoms with Crippen LogP contribution >= 0.6 is 0 Å². The molecule has 0 saturated carbocycles. The van der Waals surface area contributed by atoms with E-state index in [1.54, 1.807) is 0 Å². The van der Waals surface area contributed by atoms with Crippen LogP contribution in [0.1, 0.15) is 40.5 Å². The van der Waals surface area contributed by atoms with Crippen molar-refractivity contribution in [3.8, 4) is 0 Å². The molecule has 1 heterocycles. The summed E-state index contributed by atoms with van der Waals surface area (Å²) in [7, 11) is 0. The summed E-state index contributed by atoms with van der Waals surface area (Å²) in [6.45, 7) is 10.5. The molecule has 2 atom stereocenters. The smallest absolute Gasteiger partial charge is 0.0116 e. The van der Waals surface area contributed by atoms with Crippen LogP contribution < -0.4 is 5.32 Å². The molecule has 2 unspecified atom stereocenters. The van der Waals surface area contributed by atoms with Gasteiger partial charge in [0, 0.05) is 6.04 Å². The topological polar surface area (TPSA) is 12.0 Å². The Hall–Kier alpha value is -0.0400. The molecule has 11 heavy (non-hydrogen) atoms. The Balaban J connectivity index is 2.39. The van der Waals surface area contributed by atoms with Crippen molar-refractivity contribution in [1.82, 2.24) is 5.32 Å². The number of hydrogen-bond acceptors (Lipinski definition) is 1. The van der Waals surface area contributed by atoms with Gasteiger partial charge in [0.05, 0.1) is 0 Å². The molecule has 0 radical (unpaired) electrons. The van der Waals surface area contributed by atoms with E-state index >= 15 is 0 Å². The van der Waals surface area contributed by atoms with Crippen molar-refractivity contribution in [2.24, 2.45) is 11.3 Å². The normalized spacial score (nSPS) is 33.8. The second kappa shape index (κ2) is 3.14. The van der Waals surface area contributed by atoms with Gasteiger partial charge in [0.1, 0.15) is 0 Å². The van der Waals surface area contributed by atoms with Gasteiger partial charge >= 0.3 is 0 Å². The number of hydrogen-bond donors (Lipinski definition) is 1. The third-order valence-electron chi connectivity index (χ3n) is 2.71. The van der Waals surface area contributed by atoms with Crippen LogP contribution in [0.3, 0.4) is 0 Å². The molecule has 1 rings (SSSR count). The maximum absolute atomic E-state index is 3.61. The third kappa shape index (κ3) is 2.48. The molecule has 0 aromatic heterocycles. The SMILES string of the molecule is CC1CCC(C(C)(C)C)NC1. The van der Waals surface area contributed by atoms with Gasteiger partial charge in [0.25, 0.3) is 0 Å². The minimum absolute atomic E-state index is 0.445. The van der Waals surface area contributed by atoms with Gasteiger partial charge in [-0.2, -0.15) is 0 Å². The molecule has 1 fully saturated rings. The summed E-state index contributed by atoms with van der Waals surface area (Å²) in [5.41, 5.74) is 0.445. The predicted molar refractivity (Wildman–Crippen MR) is 49.6 cm³/mol. The van der Waals surface area contributed by atoms with Crippen molar-refractivity contribution in [3.05, 3.63) is 0 Å². The second-order valence-electron chi connectivity index (χ2n) is 5.01. The van der Waals surface area contributed by atoms with Gasteiger partial charge in [0.2, 0.25) is 0 Å². The fraction of sp³-hybridized carbons (Fsp3) is 1.00. The Bertz CT molecular complexity index is 115. The van der Waals surface area contributed by atoms with E-state index in [-0.39, 0.29) is 0 Å². The summed E-state index contributed by atoms with van der Waals surface area (Å²) in [6, 6.07) is 0.735. The standard InChI is InChI=1S/C10H21N/c1-8-5-6-9(11-7-8)10(2,3)4/h8-9,11H,5-7H2,1-4H3. The van der Waals surface area contributed by atoms with E-state index in [2.05, 4.69) is 33.0 Å². The van der Waals surface area contributed by atoms with Crippen molar-refractivity contribution >= 4 is 0 Å². The number of nitrogens with one attached hydrogen (secondary N) is 1. The van der Waals surface area contributed by atoms with E-state index in [0.29, 0.717) is 5.41 Å². The quantitative estimate of drug-likeness (QED) is 0.566. The Labute approximate surface area is 70.6 Å². The third-order valence-corrected chi connectivity index (χ3v) is 2.71. The van der Waals surface area contributed by atoms with Crippen LogP contribution in [0, 0.1) is 11.3 Å². The molecule has 0 aromatic rings. The van der Waals surface area contributed by atoms with E-state index in [1.165, 1.54) is 19.4 Å². The van der Waals surface area contributed by atoms with Gasteiger partial charge in [0.15, 0.2) is 0 Å². The Morgan fingerprint density at radius 2 is 1.82 bits per heavy atom. The van der Waals surface area contributed by atoms with Gasteiger partial charge in [-0.3, -0.25) is 0 Å². The molecular formula is C10H21N. The summed E-state index contributed by atoms with van der Waals surface area (Å²) in [6.07, 6.45) is 2.75. The molecular weight excluding hydrogens is 134 g/mol. The highest BCUT2D eigenvalue weighted by Gasteiger charge is 2.27. The highest BCUT2D eigenvalue weighted by molar-refractivity contribution is 4.84. The molecule has 0 bridgehead atoms. The maximum atomic E-state index is 3.61. The lowest BCUT2D eigenvalue weighted by Crippen LogP contribution is -2.45. The largest absolute Gasteiger partial charge is 0.313 e. The van der Waals surface area contributed by atoms with Crippen molar-refractivity contribution < 1.29 is 0 Å². The molecule has 1 saturated heterocycles. The zero-order valence-electron chi connectivity index (χ0n) is 8.28. The fourth-order valence-electron chi connectivity index (χ4n) is 1.74. The van der Waals surface area contributed by atoms with E-state index in [1.807, 2.05) is 0 Å². The Morgan fingerprint density at radius 3 is 2.18 bits per heavy atom. The summed E-state index contributed by atoms with van der Waals surface area (Å²) in [4.78, 5) is 0. The van der Waals surface area contributed by atoms with Crippen molar-refractivity contribution in [3.63, 3.8) is 0 Å². The summed E-state index contributed by atoms with van der Waals surface area (Å²) < 4.78 is 0. The van der Waals surface area contributed by atoms with Crippen molar-refractivity contribution in [1.29, 1.82) is 0 Å². The summed E-state index contributed by atoms with van der Waals surface area (Å²) >= 11 is 0. The van der Waals surface area contributed by atoms with E-state index in [0.717, 1.165) is 12.0 Å². The minimum atomic E-state index is 0.445. The predicted octanol–water partition coefficient (Wildman–Crippen LogP) is 2.42. The first-order valence-corrected chi connectivity index (χ1v) is 4.73. The highest BCUT2D eigenvalue weighted by Crippen LogP contribution is 2.27. The van der Waals surface area contributed by atoms with Crippen LogP contribution in [0.4, 0.5) is 0 Å². The zero-order chi connectivity index (χ0) is 8.48. The second-order valence-corrected chi connectivity index (χ2v) is 5.01. The van der Waals surface area contributed by atoms with Crippen LogP contribution in [0.2, 0.25) is 0 Å². The van der Waals surface area contributed by atoms with Crippen LogP contribution in [0.15, 0.2) is 0 Å². The first-order chi connectivity index (χ1) is 5.00. The molecule has 1 N–H and O–H groups in total. The van der Waals surface area contributed by atoms with Crippen LogP contribution in [0.5, 0.6) is 0 Å². The molecule has 0 aliphatic carbocycles. The van der Waals surface area contributed by atoms with E-state index in [9.17, 15) is 0 Å².